The molecule has 3 rings (SSSR count). The van der Waals surface area contributed by atoms with Gasteiger partial charge >= 0.3 is 5.97 Å². The average Bonchev–Trinajstić information content (AvgIpc) is 3.18. The Labute approximate surface area is 176 Å². The molecule has 0 unspecified atom stereocenters. The van der Waals surface area contributed by atoms with Gasteiger partial charge in [-0.2, -0.15) is 5.10 Å². The SMILES string of the molecule is COc1cc(C)c(F)c(COc2cnc(Nc3cnn(CCCC(=O)O)c3)nc2)c1F. The zero-order valence-electron chi connectivity index (χ0n) is 16.9. The molecule has 164 valence electrons. The van der Waals surface area contributed by atoms with Crippen LogP contribution in [0.4, 0.5) is 20.4 Å². The van der Waals surface area contributed by atoms with Crippen LogP contribution in [0.1, 0.15) is 24.0 Å². The van der Waals surface area contributed by atoms with E-state index < -0.39 is 17.6 Å². The molecule has 0 atom stereocenters. The van der Waals surface area contributed by atoms with Crippen LogP contribution >= 0.6 is 0 Å². The van der Waals surface area contributed by atoms with Gasteiger partial charge in [-0.25, -0.2) is 18.7 Å². The number of aryl methyl sites for hydroxylation is 2. The minimum absolute atomic E-state index is 0.0585. The van der Waals surface area contributed by atoms with Crippen molar-refractivity contribution in [2.45, 2.75) is 32.9 Å². The smallest absolute Gasteiger partial charge is 0.303 e. The van der Waals surface area contributed by atoms with Crippen molar-refractivity contribution in [3.05, 3.63) is 53.6 Å². The maximum Gasteiger partial charge on any atom is 0.303 e. The molecule has 0 aliphatic heterocycles. The van der Waals surface area contributed by atoms with Crippen molar-refractivity contribution >= 4 is 17.6 Å². The zero-order chi connectivity index (χ0) is 22.4. The van der Waals surface area contributed by atoms with E-state index in [2.05, 4.69) is 20.4 Å². The molecule has 2 heterocycles. The lowest BCUT2D eigenvalue weighted by Gasteiger charge is -2.12. The second kappa shape index (κ2) is 9.83. The Kier molecular flexibility index (Phi) is 6.96. The molecule has 0 spiro atoms. The maximum absolute atomic E-state index is 14.3. The predicted octanol–water partition coefficient (Wildman–Crippen LogP) is 3.46. The summed E-state index contributed by atoms with van der Waals surface area (Å²) < 4.78 is 40.5. The fourth-order valence-electron chi connectivity index (χ4n) is 2.76. The molecule has 0 aliphatic carbocycles. The summed E-state index contributed by atoms with van der Waals surface area (Å²) >= 11 is 0. The third-order valence-electron chi connectivity index (χ3n) is 4.34. The Morgan fingerprint density at radius 2 is 1.97 bits per heavy atom. The molecule has 31 heavy (non-hydrogen) atoms. The van der Waals surface area contributed by atoms with Crippen molar-refractivity contribution in [3.63, 3.8) is 0 Å². The van der Waals surface area contributed by atoms with Crippen molar-refractivity contribution in [1.82, 2.24) is 19.7 Å². The van der Waals surface area contributed by atoms with E-state index in [-0.39, 0.29) is 41.6 Å². The number of methoxy groups -OCH3 is 1. The quantitative estimate of drug-likeness (QED) is 0.500. The molecule has 0 radical (unpaired) electrons. The van der Waals surface area contributed by atoms with Crippen LogP contribution in [0.25, 0.3) is 0 Å². The summed E-state index contributed by atoms with van der Waals surface area (Å²) in [6, 6.07) is 1.28. The molecule has 11 heteroatoms. The summed E-state index contributed by atoms with van der Waals surface area (Å²) in [5.74, 6) is -1.92. The first kappa shape index (κ1) is 21.9. The van der Waals surface area contributed by atoms with Crippen molar-refractivity contribution in [2.24, 2.45) is 0 Å². The van der Waals surface area contributed by atoms with Gasteiger partial charge in [0.1, 0.15) is 12.4 Å². The maximum atomic E-state index is 14.3. The minimum Gasteiger partial charge on any atom is -0.494 e. The number of carbonyl (C=O) groups is 1. The Hall–Kier alpha value is -3.76. The highest BCUT2D eigenvalue weighted by atomic mass is 19.1. The van der Waals surface area contributed by atoms with E-state index in [4.69, 9.17) is 14.6 Å². The molecule has 9 nitrogen and oxygen atoms in total. The number of hydrogen-bond donors (Lipinski definition) is 2. The Balaban J connectivity index is 1.58. The van der Waals surface area contributed by atoms with E-state index in [1.54, 1.807) is 17.1 Å². The fraction of sp³-hybridized carbons (Fsp3) is 0.300. The number of aromatic nitrogens is 4. The van der Waals surface area contributed by atoms with Crippen LogP contribution in [0.3, 0.4) is 0 Å². The van der Waals surface area contributed by atoms with Gasteiger partial charge in [0.15, 0.2) is 17.3 Å². The number of nitrogens with zero attached hydrogens (tertiary/aromatic N) is 4. The molecule has 0 aliphatic rings. The number of carboxylic acid groups (broad SMARTS) is 1. The van der Waals surface area contributed by atoms with E-state index in [9.17, 15) is 13.6 Å². The Morgan fingerprint density at radius 3 is 2.65 bits per heavy atom. The van der Waals surface area contributed by atoms with Crippen LogP contribution in [0, 0.1) is 18.6 Å². The first-order chi connectivity index (χ1) is 14.9. The van der Waals surface area contributed by atoms with E-state index >= 15 is 0 Å². The van der Waals surface area contributed by atoms with Crippen LogP contribution in [-0.2, 0) is 17.9 Å². The number of nitrogens with one attached hydrogen (secondary N) is 1. The van der Waals surface area contributed by atoms with Crippen LogP contribution in [0.5, 0.6) is 11.5 Å². The van der Waals surface area contributed by atoms with Crippen LogP contribution in [-0.4, -0.2) is 37.9 Å². The molecule has 0 saturated carbocycles. The van der Waals surface area contributed by atoms with Gasteiger partial charge in [0.05, 0.1) is 37.0 Å². The average molecular weight is 433 g/mol. The number of ether oxygens (including phenoxy) is 2. The first-order valence-electron chi connectivity index (χ1n) is 9.35. The third kappa shape index (κ3) is 5.65. The summed E-state index contributed by atoms with van der Waals surface area (Å²) in [4.78, 5) is 18.8. The molecule has 0 amide bonds. The zero-order valence-corrected chi connectivity index (χ0v) is 16.9. The van der Waals surface area contributed by atoms with Gasteiger partial charge in [-0.05, 0) is 25.0 Å². The topological polar surface area (TPSA) is 111 Å². The molecular formula is C20H21F2N5O4. The van der Waals surface area contributed by atoms with E-state index in [0.29, 0.717) is 18.7 Å². The fourth-order valence-corrected chi connectivity index (χ4v) is 2.76. The number of anilines is 2. The molecule has 0 fully saturated rings. The lowest BCUT2D eigenvalue weighted by Crippen LogP contribution is -2.06. The number of rotatable bonds is 10. The van der Waals surface area contributed by atoms with Crippen molar-refractivity contribution in [1.29, 1.82) is 0 Å². The van der Waals surface area contributed by atoms with E-state index in [0.717, 1.165) is 0 Å². The molecule has 0 saturated heterocycles. The summed E-state index contributed by atoms with van der Waals surface area (Å²) in [6.07, 6.45) is 6.53. The molecule has 0 bridgehead atoms. The predicted molar refractivity (Wildman–Crippen MR) is 106 cm³/mol. The van der Waals surface area contributed by atoms with E-state index in [1.807, 2.05) is 0 Å². The van der Waals surface area contributed by atoms with Gasteiger partial charge < -0.3 is 19.9 Å². The van der Waals surface area contributed by atoms with Crippen LogP contribution < -0.4 is 14.8 Å². The summed E-state index contributed by atoms with van der Waals surface area (Å²) in [5.41, 5.74) is 0.630. The van der Waals surface area contributed by atoms with Gasteiger partial charge in [-0.3, -0.25) is 9.48 Å². The molecule has 3 aromatic rings. The van der Waals surface area contributed by atoms with Crippen molar-refractivity contribution in [2.75, 3.05) is 12.4 Å². The lowest BCUT2D eigenvalue weighted by atomic mass is 10.1. The number of halogens is 2. The number of aliphatic carboxylic acids is 1. The van der Waals surface area contributed by atoms with Crippen LogP contribution in [0.2, 0.25) is 0 Å². The van der Waals surface area contributed by atoms with E-state index in [1.165, 1.54) is 32.5 Å². The highest BCUT2D eigenvalue weighted by Crippen LogP contribution is 2.27. The summed E-state index contributed by atoms with van der Waals surface area (Å²) in [6.45, 7) is 1.63. The van der Waals surface area contributed by atoms with Crippen LogP contribution in [0.15, 0.2) is 30.9 Å². The third-order valence-corrected chi connectivity index (χ3v) is 4.34. The lowest BCUT2D eigenvalue weighted by molar-refractivity contribution is -0.137. The van der Waals surface area contributed by atoms with Gasteiger partial charge in [0.25, 0.3) is 0 Å². The number of carboxylic acids is 1. The Morgan fingerprint density at radius 1 is 1.23 bits per heavy atom. The van der Waals surface area contributed by atoms with Gasteiger partial charge in [-0.15, -0.1) is 0 Å². The van der Waals surface area contributed by atoms with Gasteiger partial charge in [0.2, 0.25) is 5.95 Å². The molecule has 1 aromatic carbocycles. The summed E-state index contributed by atoms with van der Waals surface area (Å²) in [5, 5.41) is 15.7. The molecule has 2 N–H and O–H groups in total. The van der Waals surface area contributed by atoms with Crippen molar-refractivity contribution in [3.8, 4) is 11.5 Å². The monoisotopic (exact) mass is 433 g/mol. The molecular weight excluding hydrogens is 412 g/mol. The normalized spacial score (nSPS) is 10.7. The second-order valence-corrected chi connectivity index (χ2v) is 6.65. The largest absolute Gasteiger partial charge is 0.494 e. The highest BCUT2D eigenvalue weighted by Gasteiger charge is 2.18. The highest BCUT2D eigenvalue weighted by molar-refractivity contribution is 5.66. The standard InChI is InChI=1S/C20H21F2N5O4/c1-12-6-16(30-2)19(22)15(18(12)21)11-31-14-8-23-20(24-9-14)26-13-7-25-27(10-13)5-3-4-17(28)29/h6-10H,3-5,11H2,1-2H3,(H,28,29)(H,23,24,26). The summed E-state index contributed by atoms with van der Waals surface area (Å²) in [7, 11) is 1.31. The number of benzene rings is 1. The number of hydrogen-bond acceptors (Lipinski definition) is 7. The van der Waals surface area contributed by atoms with Gasteiger partial charge in [0, 0.05) is 19.2 Å². The van der Waals surface area contributed by atoms with Crippen molar-refractivity contribution < 1.29 is 28.2 Å². The first-order valence-corrected chi connectivity index (χ1v) is 9.35. The second-order valence-electron chi connectivity index (χ2n) is 6.65. The van der Waals surface area contributed by atoms with Gasteiger partial charge in [-0.1, -0.05) is 0 Å². The molecule has 2 aromatic heterocycles. The Bertz CT molecular complexity index is 1060. The minimum atomic E-state index is -0.853.